The molecule has 252 valence electrons. The zero-order valence-corrected chi connectivity index (χ0v) is 31.3. The van der Waals surface area contributed by atoms with Crippen molar-refractivity contribution < 1.29 is 47.2 Å². The molecule has 0 spiro atoms. The van der Waals surface area contributed by atoms with Crippen molar-refractivity contribution in [2.75, 3.05) is 14.2 Å². The van der Waals surface area contributed by atoms with E-state index in [-0.39, 0.29) is 56.5 Å². The van der Waals surface area contributed by atoms with Gasteiger partial charge in [-0.15, -0.1) is 0 Å². The molecule has 0 aliphatic carbocycles. The van der Waals surface area contributed by atoms with Gasteiger partial charge in [-0.1, -0.05) is 83.1 Å². The molecule has 2 N–H and O–H groups in total. The van der Waals surface area contributed by atoms with Gasteiger partial charge < -0.3 is 38.1 Å². The number of benzene rings is 2. The molecule has 0 fully saturated rings. The van der Waals surface area contributed by atoms with E-state index in [1.807, 2.05) is 83.1 Å². The first kappa shape index (κ1) is 43.4. The van der Waals surface area contributed by atoms with Crippen LogP contribution in [0.5, 0.6) is 11.5 Å². The number of rotatable bonds is 8. The standard InChI is InChI=1S/2C16H27O5P.Be/c2*1-15(2,3)12-8-11(10-21-22(18,19)20-7)9-13(14(12)17)16(4,5)6;/h2*8-9,17H,10H2,1-7H3,(H,18,19);/q;;+2/p-2. The van der Waals surface area contributed by atoms with Gasteiger partial charge in [0, 0.05) is 14.2 Å². The molecule has 2 rings (SSSR count). The fraction of sp³-hybridized carbons (Fsp3) is 0.625. The van der Waals surface area contributed by atoms with E-state index in [1.165, 1.54) is 0 Å². The monoisotopic (exact) mass is 667 g/mol. The van der Waals surface area contributed by atoms with Gasteiger partial charge in [-0.05, 0) is 79.3 Å². The summed E-state index contributed by atoms with van der Waals surface area (Å²) in [5.41, 5.74) is 3.30. The fourth-order valence-electron chi connectivity index (χ4n) is 4.25. The van der Waals surface area contributed by atoms with Gasteiger partial charge in [0.15, 0.2) is 0 Å². The van der Waals surface area contributed by atoms with E-state index in [0.717, 1.165) is 36.5 Å². The maximum atomic E-state index is 11.3. The van der Waals surface area contributed by atoms with Gasteiger partial charge in [-0.3, -0.25) is 9.13 Å². The van der Waals surface area contributed by atoms with Crippen LogP contribution >= 0.6 is 15.6 Å². The Labute approximate surface area is 273 Å². The van der Waals surface area contributed by atoms with E-state index >= 15 is 0 Å². The Morgan fingerprint density at radius 3 is 0.911 bits per heavy atom. The van der Waals surface area contributed by atoms with Crippen molar-refractivity contribution in [2.24, 2.45) is 0 Å². The van der Waals surface area contributed by atoms with Crippen LogP contribution < -0.4 is 9.79 Å². The van der Waals surface area contributed by atoms with E-state index in [9.17, 15) is 29.1 Å². The third-order valence-corrected chi connectivity index (χ3v) is 8.58. The minimum atomic E-state index is -4.27. The van der Waals surface area contributed by atoms with Crippen molar-refractivity contribution >= 4 is 25.8 Å². The minimum Gasteiger partial charge on any atom is -0.756 e. The zero-order chi connectivity index (χ0) is 34.7. The molecule has 2 atom stereocenters. The Balaban J connectivity index is 0.000000842. The number of phenolic OH excluding ortho intramolecular Hbond substituents is 2. The summed E-state index contributed by atoms with van der Waals surface area (Å²) in [6.07, 6.45) is 0. The molecule has 13 heteroatoms. The molecule has 0 aliphatic heterocycles. The summed E-state index contributed by atoms with van der Waals surface area (Å²) in [7, 11) is -6.43. The topological polar surface area (TPSA) is 158 Å². The second-order valence-electron chi connectivity index (χ2n) is 14.9. The third-order valence-electron chi connectivity index (χ3n) is 6.80. The van der Waals surface area contributed by atoms with Gasteiger partial charge >= 0.3 is 10.1 Å². The number of aromatic hydroxyl groups is 2. The van der Waals surface area contributed by atoms with Crippen LogP contribution in [0.25, 0.3) is 0 Å². The number of hydrogen-bond acceptors (Lipinski definition) is 10. The van der Waals surface area contributed by atoms with Gasteiger partial charge in [0.05, 0.1) is 13.2 Å². The molecule has 0 amide bonds. The molecule has 0 radical (unpaired) electrons. The first-order valence-corrected chi connectivity index (χ1v) is 17.2. The first-order valence-electron chi connectivity index (χ1n) is 14.3. The van der Waals surface area contributed by atoms with Crippen LogP contribution in [0.4, 0.5) is 0 Å². The number of phenols is 2. The number of phosphoric acid groups is 2. The van der Waals surface area contributed by atoms with Crippen LogP contribution in [0.1, 0.15) is 116 Å². The van der Waals surface area contributed by atoms with Gasteiger partial charge in [0.1, 0.15) is 11.5 Å². The molecule has 10 nitrogen and oxygen atoms in total. The maximum Gasteiger partial charge on any atom is 2.00 e. The molecular weight excluding hydrogens is 615 g/mol. The molecule has 0 aromatic heterocycles. The molecule has 0 aliphatic rings. The molecule has 0 saturated carbocycles. The second-order valence-corrected chi connectivity index (χ2v) is 17.9. The summed E-state index contributed by atoms with van der Waals surface area (Å²) in [6.45, 7) is 23.7. The largest absolute Gasteiger partial charge is 2.00 e. The van der Waals surface area contributed by atoms with Crippen molar-refractivity contribution in [1.82, 2.24) is 0 Å². The Morgan fingerprint density at radius 2 is 0.756 bits per heavy atom. The second kappa shape index (κ2) is 15.6. The molecule has 2 unspecified atom stereocenters. The summed E-state index contributed by atoms with van der Waals surface area (Å²) in [6, 6.07) is 7.11. The summed E-state index contributed by atoms with van der Waals surface area (Å²) >= 11 is 0. The molecule has 45 heavy (non-hydrogen) atoms. The molecule has 2 aromatic carbocycles. The quantitative estimate of drug-likeness (QED) is 0.225. The average Bonchev–Trinajstić information content (AvgIpc) is 2.85. The smallest absolute Gasteiger partial charge is 0.756 e. The summed E-state index contributed by atoms with van der Waals surface area (Å²) in [5.74, 6) is 0.501. The number of phosphoric ester groups is 2. The van der Waals surface area contributed by atoms with Crippen LogP contribution in [-0.2, 0) is 62.1 Å². The first-order chi connectivity index (χ1) is 19.6. The molecule has 2 aromatic rings. The van der Waals surface area contributed by atoms with E-state index in [2.05, 4.69) is 9.05 Å². The van der Waals surface area contributed by atoms with Gasteiger partial charge in [0.25, 0.3) is 15.6 Å². The molecule has 0 saturated heterocycles. The Hall–Kier alpha value is -1.57. The van der Waals surface area contributed by atoms with Crippen LogP contribution in [0, 0.1) is 0 Å². The summed E-state index contributed by atoms with van der Waals surface area (Å²) in [4.78, 5) is 22.7. The minimum absolute atomic E-state index is 0. The van der Waals surface area contributed by atoms with Crippen molar-refractivity contribution in [3.63, 3.8) is 0 Å². The third kappa shape index (κ3) is 13.2. The normalized spacial score (nSPS) is 15.3. The van der Waals surface area contributed by atoms with Crippen LogP contribution in [0.3, 0.4) is 0 Å². The molecular formula is C32H52BeO10P2. The van der Waals surface area contributed by atoms with Crippen LogP contribution in [0.15, 0.2) is 24.3 Å². The predicted octanol–water partition coefficient (Wildman–Crippen LogP) is 6.86. The van der Waals surface area contributed by atoms with E-state index in [0.29, 0.717) is 11.1 Å². The van der Waals surface area contributed by atoms with E-state index in [1.54, 1.807) is 24.3 Å². The number of hydrogen-bond donors (Lipinski definition) is 2. The van der Waals surface area contributed by atoms with Gasteiger partial charge in [0.2, 0.25) is 0 Å². The predicted molar refractivity (Wildman–Crippen MR) is 176 cm³/mol. The van der Waals surface area contributed by atoms with Crippen molar-refractivity contribution in [2.45, 2.75) is 118 Å². The van der Waals surface area contributed by atoms with Crippen molar-refractivity contribution in [3.8, 4) is 11.5 Å². The Bertz CT molecular complexity index is 1200. The molecule has 0 heterocycles. The molecule has 0 bridgehead atoms. The van der Waals surface area contributed by atoms with Gasteiger partial charge in [-0.2, -0.15) is 0 Å². The Morgan fingerprint density at radius 1 is 0.556 bits per heavy atom. The van der Waals surface area contributed by atoms with Crippen LogP contribution in [0.2, 0.25) is 0 Å². The van der Waals surface area contributed by atoms with Crippen molar-refractivity contribution in [3.05, 3.63) is 57.6 Å². The maximum absolute atomic E-state index is 11.3. The summed E-state index contributed by atoms with van der Waals surface area (Å²) in [5, 5.41) is 21.2. The fourth-order valence-corrected chi connectivity index (χ4v) is 5.08. The van der Waals surface area contributed by atoms with E-state index in [4.69, 9.17) is 9.05 Å². The van der Waals surface area contributed by atoms with Gasteiger partial charge in [-0.25, -0.2) is 0 Å². The zero-order valence-electron chi connectivity index (χ0n) is 29.5. The average molecular weight is 668 g/mol. The SMILES string of the molecule is COP(=O)([O-])OCc1cc(C(C)(C)C)c(O)c(C(C)(C)C)c1.COP(=O)([O-])OCc1cc(C(C)(C)C)c(O)c(C(C)(C)C)c1.[Be+2]. The van der Waals surface area contributed by atoms with Crippen LogP contribution in [-0.4, -0.2) is 34.6 Å². The van der Waals surface area contributed by atoms with Crippen molar-refractivity contribution in [1.29, 1.82) is 0 Å². The van der Waals surface area contributed by atoms with E-state index < -0.39 is 15.6 Å². The Kier molecular flexibility index (Phi) is 15.0. The summed E-state index contributed by atoms with van der Waals surface area (Å²) < 4.78 is 41.0.